The van der Waals surface area contributed by atoms with Crippen molar-refractivity contribution in [2.24, 2.45) is 11.7 Å². The van der Waals surface area contributed by atoms with Gasteiger partial charge in [0.1, 0.15) is 0 Å². The van der Waals surface area contributed by atoms with E-state index in [0.29, 0.717) is 13.1 Å². The van der Waals surface area contributed by atoms with Gasteiger partial charge in [-0.1, -0.05) is 43.9 Å². The quantitative estimate of drug-likeness (QED) is 0.768. The second-order valence-electron chi connectivity index (χ2n) is 4.04. The molecule has 0 spiro atoms. The zero-order chi connectivity index (χ0) is 12.7. The lowest BCUT2D eigenvalue weighted by atomic mass is 10.1. The summed E-state index contributed by atoms with van der Waals surface area (Å²) in [5, 5.41) is 2.88. The van der Waals surface area contributed by atoms with Gasteiger partial charge in [0.25, 0.3) is 0 Å². The Bertz CT molecular complexity index is 441. The first-order valence-electron chi connectivity index (χ1n) is 5.69. The van der Waals surface area contributed by atoms with Gasteiger partial charge in [-0.15, -0.1) is 0 Å². The zero-order valence-corrected chi connectivity index (χ0v) is 10.3. The van der Waals surface area contributed by atoms with E-state index in [1.165, 1.54) is 0 Å². The van der Waals surface area contributed by atoms with Crippen LogP contribution in [0.25, 0.3) is 0 Å². The van der Waals surface area contributed by atoms with Crippen molar-refractivity contribution in [2.45, 2.75) is 20.4 Å². The van der Waals surface area contributed by atoms with Gasteiger partial charge in [0.05, 0.1) is 6.54 Å². The molecule has 0 heterocycles. The van der Waals surface area contributed by atoms with Gasteiger partial charge in [-0.2, -0.15) is 0 Å². The second-order valence-corrected chi connectivity index (χ2v) is 4.04. The van der Waals surface area contributed by atoms with E-state index in [0.717, 1.165) is 11.1 Å². The molecule has 0 fully saturated rings. The van der Waals surface area contributed by atoms with Crippen molar-refractivity contribution in [3.8, 4) is 11.8 Å². The Hall–Kier alpha value is -1.79. The molecule has 3 nitrogen and oxygen atoms in total. The molecule has 0 saturated heterocycles. The summed E-state index contributed by atoms with van der Waals surface area (Å²) in [6.07, 6.45) is 0. The van der Waals surface area contributed by atoms with Gasteiger partial charge in [0.15, 0.2) is 0 Å². The largest absolute Gasteiger partial charge is 0.352 e. The molecule has 0 aliphatic rings. The van der Waals surface area contributed by atoms with E-state index in [-0.39, 0.29) is 11.8 Å². The van der Waals surface area contributed by atoms with E-state index in [1.807, 2.05) is 38.1 Å². The molecule has 1 amide bonds. The molecular formula is C14H18N2O. The molecule has 1 aromatic rings. The van der Waals surface area contributed by atoms with Gasteiger partial charge in [-0.05, 0) is 11.6 Å². The summed E-state index contributed by atoms with van der Waals surface area (Å²) in [7, 11) is 0. The molecule has 0 bridgehead atoms. The van der Waals surface area contributed by atoms with Crippen LogP contribution in [-0.4, -0.2) is 12.5 Å². The molecule has 0 aliphatic heterocycles. The van der Waals surface area contributed by atoms with Crippen molar-refractivity contribution < 1.29 is 4.79 Å². The number of hydrogen-bond acceptors (Lipinski definition) is 2. The maximum Gasteiger partial charge on any atom is 0.222 e. The van der Waals surface area contributed by atoms with E-state index < -0.39 is 0 Å². The summed E-state index contributed by atoms with van der Waals surface area (Å²) in [5.41, 5.74) is 7.28. The van der Waals surface area contributed by atoms with Crippen molar-refractivity contribution in [2.75, 3.05) is 6.54 Å². The lowest BCUT2D eigenvalue weighted by molar-refractivity contribution is -0.124. The Labute approximate surface area is 102 Å². The third kappa shape index (κ3) is 4.29. The molecule has 0 aliphatic carbocycles. The van der Waals surface area contributed by atoms with E-state index in [2.05, 4.69) is 17.2 Å². The van der Waals surface area contributed by atoms with Crippen LogP contribution in [0.2, 0.25) is 0 Å². The van der Waals surface area contributed by atoms with Crippen LogP contribution in [0.3, 0.4) is 0 Å². The van der Waals surface area contributed by atoms with Gasteiger partial charge in [0.2, 0.25) is 5.91 Å². The highest BCUT2D eigenvalue weighted by Gasteiger charge is 2.06. The standard InChI is InChI=1S/C14H18N2O/c1-11(2)14(17)16-10-13-7-4-3-6-12(13)8-5-9-15/h3-4,6-7,11H,9-10,15H2,1-2H3,(H,16,17). The van der Waals surface area contributed by atoms with Gasteiger partial charge >= 0.3 is 0 Å². The smallest absolute Gasteiger partial charge is 0.222 e. The van der Waals surface area contributed by atoms with E-state index in [9.17, 15) is 4.79 Å². The number of amides is 1. The van der Waals surface area contributed by atoms with Crippen molar-refractivity contribution in [1.82, 2.24) is 5.32 Å². The topological polar surface area (TPSA) is 55.1 Å². The van der Waals surface area contributed by atoms with Gasteiger partial charge in [-0.25, -0.2) is 0 Å². The minimum absolute atomic E-state index is 0.00251. The number of benzene rings is 1. The Morgan fingerprint density at radius 3 is 2.76 bits per heavy atom. The third-order valence-electron chi connectivity index (χ3n) is 2.32. The Morgan fingerprint density at radius 1 is 1.41 bits per heavy atom. The van der Waals surface area contributed by atoms with Crippen molar-refractivity contribution in [3.05, 3.63) is 35.4 Å². The van der Waals surface area contributed by atoms with Gasteiger partial charge < -0.3 is 11.1 Å². The number of carbonyl (C=O) groups excluding carboxylic acids is 1. The van der Waals surface area contributed by atoms with Crippen LogP contribution < -0.4 is 11.1 Å². The molecule has 17 heavy (non-hydrogen) atoms. The van der Waals surface area contributed by atoms with Gasteiger partial charge in [-0.3, -0.25) is 4.79 Å². The molecule has 1 rings (SSSR count). The number of nitrogens with two attached hydrogens (primary N) is 1. The number of hydrogen-bond donors (Lipinski definition) is 2. The lowest BCUT2D eigenvalue weighted by Gasteiger charge is -2.09. The first-order chi connectivity index (χ1) is 8.15. The monoisotopic (exact) mass is 230 g/mol. The Morgan fingerprint density at radius 2 is 2.12 bits per heavy atom. The molecule has 1 aromatic carbocycles. The van der Waals surface area contributed by atoms with E-state index in [1.54, 1.807) is 0 Å². The fourth-order valence-electron chi connectivity index (χ4n) is 1.33. The molecule has 0 atom stereocenters. The summed E-state index contributed by atoms with van der Waals surface area (Å²) in [6, 6.07) is 7.75. The maximum absolute atomic E-state index is 11.5. The summed E-state index contributed by atoms with van der Waals surface area (Å²) in [6.45, 7) is 4.59. The van der Waals surface area contributed by atoms with Crippen LogP contribution in [-0.2, 0) is 11.3 Å². The van der Waals surface area contributed by atoms with Gasteiger partial charge in [0, 0.05) is 18.0 Å². The van der Waals surface area contributed by atoms with Crippen molar-refractivity contribution >= 4 is 5.91 Å². The van der Waals surface area contributed by atoms with Crippen LogP contribution in [0.15, 0.2) is 24.3 Å². The zero-order valence-electron chi connectivity index (χ0n) is 10.3. The molecule has 0 aromatic heterocycles. The fraction of sp³-hybridized carbons (Fsp3) is 0.357. The van der Waals surface area contributed by atoms with E-state index >= 15 is 0 Å². The molecule has 3 heteroatoms. The third-order valence-corrected chi connectivity index (χ3v) is 2.32. The van der Waals surface area contributed by atoms with Crippen LogP contribution in [0, 0.1) is 17.8 Å². The summed E-state index contributed by atoms with van der Waals surface area (Å²) < 4.78 is 0. The average molecular weight is 230 g/mol. The fourth-order valence-corrected chi connectivity index (χ4v) is 1.33. The molecule has 0 saturated carbocycles. The number of nitrogens with one attached hydrogen (secondary N) is 1. The number of rotatable bonds is 3. The summed E-state index contributed by atoms with van der Waals surface area (Å²) in [5.74, 6) is 5.87. The molecule has 90 valence electrons. The minimum atomic E-state index is -0.00251. The number of carbonyl (C=O) groups is 1. The summed E-state index contributed by atoms with van der Waals surface area (Å²) >= 11 is 0. The molecule has 0 radical (unpaired) electrons. The van der Waals surface area contributed by atoms with Crippen LogP contribution in [0.4, 0.5) is 0 Å². The molecule has 0 unspecified atom stereocenters. The SMILES string of the molecule is CC(C)C(=O)NCc1ccccc1C#CCN. The van der Waals surface area contributed by atoms with Crippen molar-refractivity contribution in [1.29, 1.82) is 0 Å². The predicted molar refractivity (Wildman–Crippen MR) is 69.1 cm³/mol. The maximum atomic E-state index is 11.5. The van der Waals surface area contributed by atoms with Crippen LogP contribution in [0.5, 0.6) is 0 Å². The highest BCUT2D eigenvalue weighted by molar-refractivity contribution is 5.77. The Balaban J connectivity index is 2.74. The second kappa shape index (κ2) is 6.72. The normalized spacial score (nSPS) is 9.65. The minimum Gasteiger partial charge on any atom is -0.352 e. The Kier molecular flexibility index (Phi) is 5.25. The van der Waals surface area contributed by atoms with Crippen molar-refractivity contribution in [3.63, 3.8) is 0 Å². The molecule has 3 N–H and O–H groups in total. The lowest BCUT2D eigenvalue weighted by Crippen LogP contribution is -2.27. The highest BCUT2D eigenvalue weighted by atomic mass is 16.1. The van der Waals surface area contributed by atoms with Crippen LogP contribution >= 0.6 is 0 Å². The van der Waals surface area contributed by atoms with Crippen LogP contribution in [0.1, 0.15) is 25.0 Å². The van der Waals surface area contributed by atoms with E-state index in [4.69, 9.17) is 5.73 Å². The first kappa shape index (κ1) is 13.3. The molecular weight excluding hydrogens is 212 g/mol. The predicted octanol–water partition coefficient (Wildman–Crippen LogP) is 1.27. The first-order valence-corrected chi connectivity index (χ1v) is 5.69. The summed E-state index contributed by atoms with van der Waals surface area (Å²) in [4.78, 5) is 11.5. The average Bonchev–Trinajstić information content (AvgIpc) is 2.34. The highest BCUT2D eigenvalue weighted by Crippen LogP contribution is 2.07.